The van der Waals surface area contributed by atoms with Crippen molar-refractivity contribution in [2.75, 3.05) is 34.0 Å². The van der Waals surface area contributed by atoms with Gasteiger partial charge in [0.15, 0.2) is 5.70 Å². The zero-order valence-electron chi connectivity index (χ0n) is 17.1. The fourth-order valence-electron chi connectivity index (χ4n) is 4.05. The molecule has 7 nitrogen and oxygen atoms in total. The Morgan fingerprint density at radius 3 is 2.69 bits per heavy atom. The zero-order valence-corrected chi connectivity index (χ0v) is 17.1. The number of fused-ring (bicyclic) bond motifs is 2. The van der Waals surface area contributed by atoms with Gasteiger partial charge in [-0.15, -0.1) is 0 Å². The van der Waals surface area contributed by atoms with Gasteiger partial charge in [-0.05, 0) is 5.56 Å². The van der Waals surface area contributed by atoms with Crippen LogP contribution in [0.1, 0.15) is 24.9 Å². The molecule has 3 atom stereocenters. The van der Waals surface area contributed by atoms with Crippen LogP contribution in [0, 0.1) is 0 Å². The van der Waals surface area contributed by atoms with Crippen LogP contribution in [-0.2, 0) is 14.2 Å². The minimum Gasteiger partial charge on any atom is -0.382 e. The Labute approximate surface area is 171 Å². The van der Waals surface area contributed by atoms with E-state index >= 15 is 0 Å². The molecule has 4 rings (SSSR count). The molecule has 0 amide bonds. The topological polar surface area (TPSA) is 72.3 Å². The molecular weight excluding hydrogens is 370 g/mol. The Bertz CT molecular complexity index is 891. The summed E-state index contributed by atoms with van der Waals surface area (Å²) in [5.74, 6) is 0.563. The van der Waals surface area contributed by atoms with Crippen LogP contribution < -0.4 is 5.32 Å². The lowest BCUT2D eigenvalue weighted by Crippen LogP contribution is -2.50. The smallest absolute Gasteiger partial charge is 0.294 e. The number of quaternary nitrogens is 1. The van der Waals surface area contributed by atoms with Crippen molar-refractivity contribution in [3.63, 3.8) is 0 Å². The Hall–Kier alpha value is -2.29. The predicted molar refractivity (Wildman–Crippen MR) is 109 cm³/mol. The second kappa shape index (κ2) is 8.22. The van der Waals surface area contributed by atoms with Crippen molar-refractivity contribution in [1.82, 2.24) is 5.32 Å². The summed E-state index contributed by atoms with van der Waals surface area (Å²) < 4.78 is 16.2. The average molecular weight is 398 g/mol. The molecule has 3 aliphatic rings. The molecule has 0 aliphatic carbocycles. The van der Waals surface area contributed by atoms with Gasteiger partial charge in [-0.3, -0.25) is 0 Å². The van der Waals surface area contributed by atoms with Crippen LogP contribution in [0.2, 0.25) is 0 Å². The average Bonchev–Trinajstić information content (AvgIpc) is 3.00. The van der Waals surface area contributed by atoms with E-state index in [9.17, 15) is 5.21 Å². The normalized spacial score (nSPS) is 28.2. The second-order valence-corrected chi connectivity index (χ2v) is 7.43. The molecule has 0 saturated carbocycles. The molecule has 3 unspecified atom stereocenters. The van der Waals surface area contributed by atoms with E-state index < -0.39 is 4.65 Å². The third-order valence-corrected chi connectivity index (χ3v) is 5.68. The summed E-state index contributed by atoms with van der Waals surface area (Å²) in [6, 6.07) is 10.3. The Morgan fingerprint density at radius 1 is 1.17 bits per heavy atom. The molecule has 29 heavy (non-hydrogen) atoms. The van der Waals surface area contributed by atoms with Gasteiger partial charge in [-0.25, -0.2) is 0 Å². The first-order chi connectivity index (χ1) is 14.1. The van der Waals surface area contributed by atoms with Crippen LogP contribution in [0.25, 0.3) is 0 Å². The maximum atomic E-state index is 11.3. The van der Waals surface area contributed by atoms with Gasteiger partial charge in [0.25, 0.3) is 5.84 Å². The molecule has 3 aliphatic heterocycles. The van der Waals surface area contributed by atoms with E-state index in [-0.39, 0.29) is 12.1 Å². The molecule has 0 radical (unpaired) electrons. The summed E-state index contributed by atoms with van der Waals surface area (Å²) in [4.78, 5) is 4.74. The second-order valence-electron chi connectivity index (χ2n) is 7.43. The fourth-order valence-corrected chi connectivity index (χ4v) is 4.05. The van der Waals surface area contributed by atoms with E-state index in [2.05, 4.69) is 17.4 Å². The van der Waals surface area contributed by atoms with E-state index in [4.69, 9.17) is 19.2 Å². The van der Waals surface area contributed by atoms with Gasteiger partial charge in [0, 0.05) is 39.2 Å². The van der Waals surface area contributed by atoms with Crippen LogP contribution in [0.15, 0.2) is 70.3 Å². The highest BCUT2D eigenvalue weighted by molar-refractivity contribution is 5.97. The van der Waals surface area contributed by atoms with Crippen LogP contribution in [-0.4, -0.2) is 55.8 Å². The molecule has 154 valence electrons. The van der Waals surface area contributed by atoms with Crippen LogP contribution in [0.3, 0.4) is 0 Å². The third-order valence-electron chi connectivity index (χ3n) is 5.68. The van der Waals surface area contributed by atoms with E-state index in [1.165, 1.54) is 5.56 Å². The number of benzene rings is 1. The van der Waals surface area contributed by atoms with Gasteiger partial charge in [-0.1, -0.05) is 35.0 Å². The van der Waals surface area contributed by atoms with Crippen molar-refractivity contribution >= 4 is 5.84 Å². The number of nitrogens with zero attached hydrogens (tertiary/aromatic N) is 2. The third kappa shape index (κ3) is 3.56. The van der Waals surface area contributed by atoms with Gasteiger partial charge in [0.1, 0.15) is 17.6 Å². The maximum Gasteiger partial charge on any atom is 0.294 e. The number of hydrogen-bond acceptors (Lipinski definition) is 6. The largest absolute Gasteiger partial charge is 0.382 e. The van der Waals surface area contributed by atoms with Gasteiger partial charge in [0.05, 0.1) is 32.0 Å². The zero-order chi connectivity index (χ0) is 20.4. The highest BCUT2D eigenvalue weighted by Gasteiger charge is 2.49. The number of nitrogens with one attached hydrogen (secondary N) is 1. The van der Waals surface area contributed by atoms with Crippen LogP contribution >= 0.6 is 0 Å². The van der Waals surface area contributed by atoms with E-state index in [1.54, 1.807) is 20.4 Å². The number of hydrogen-bond donors (Lipinski definition) is 2. The minimum absolute atomic E-state index is 0.0527. The number of aliphatic imine (C=N–C) groups is 1. The molecule has 7 heteroatoms. The highest BCUT2D eigenvalue weighted by atomic mass is 16.6. The van der Waals surface area contributed by atoms with Crippen molar-refractivity contribution in [2.45, 2.75) is 25.5 Å². The lowest BCUT2D eigenvalue weighted by Gasteiger charge is -2.37. The van der Waals surface area contributed by atoms with Crippen LogP contribution in [0.4, 0.5) is 0 Å². The number of hydroxylamine groups is 3. The molecule has 1 aromatic rings. The van der Waals surface area contributed by atoms with Gasteiger partial charge in [-0.2, -0.15) is 10.2 Å². The summed E-state index contributed by atoms with van der Waals surface area (Å²) in [7, 11) is 3.30. The molecule has 3 heterocycles. The van der Waals surface area contributed by atoms with Gasteiger partial charge >= 0.3 is 0 Å². The standard InChI is InChI=1S/C22H28N3O4/c1-15-19(14-28-3)24-22-21-17(9-10-25(15,22)26)20(29-12-11-27-2)13-18(23-21)16-7-5-4-6-8-16/h4-10,18,20,23,26H,11-14H2,1-3H3/q+1. The van der Waals surface area contributed by atoms with Gasteiger partial charge in [0.2, 0.25) is 0 Å². The number of allylic oxidation sites excluding steroid dienone is 1. The molecule has 1 aromatic carbocycles. The van der Waals surface area contributed by atoms with E-state index in [1.807, 2.05) is 31.2 Å². The van der Waals surface area contributed by atoms with Crippen molar-refractivity contribution in [2.24, 2.45) is 4.99 Å². The monoisotopic (exact) mass is 398 g/mol. The summed E-state index contributed by atoms with van der Waals surface area (Å²) in [5, 5.41) is 15.0. The molecule has 0 aromatic heterocycles. The van der Waals surface area contributed by atoms with Crippen molar-refractivity contribution in [3.8, 4) is 0 Å². The lowest BCUT2D eigenvalue weighted by molar-refractivity contribution is -0.955. The summed E-state index contributed by atoms with van der Waals surface area (Å²) in [5.41, 5.74) is 4.48. The molecular formula is C22H28N3O4+. The number of methoxy groups -OCH3 is 2. The van der Waals surface area contributed by atoms with Crippen molar-refractivity contribution < 1.29 is 24.1 Å². The first-order valence-corrected chi connectivity index (χ1v) is 9.84. The van der Waals surface area contributed by atoms with Gasteiger partial charge < -0.3 is 19.5 Å². The Kier molecular flexibility index (Phi) is 5.67. The minimum atomic E-state index is -0.434. The van der Waals surface area contributed by atoms with Crippen LogP contribution in [0.5, 0.6) is 0 Å². The number of amidine groups is 1. The predicted octanol–water partition coefficient (Wildman–Crippen LogP) is 3.03. The molecule has 0 bridgehead atoms. The highest BCUT2D eigenvalue weighted by Crippen LogP contribution is 2.40. The Morgan fingerprint density at radius 2 is 1.97 bits per heavy atom. The molecule has 0 fully saturated rings. The quantitative estimate of drug-likeness (QED) is 0.546. The van der Waals surface area contributed by atoms with Crippen molar-refractivity contribution in [1.29, 1.82) is 0 Å². The number of ether oxygens (including phenoxy) is 3. The summed E-state index contributed by atoms with van der Waals surface area (Å²) in [6.07, 6.45) is 4.37. The summed E-state index contributed by atoms with van der Waals surface area (Å²) in [6.45, 7) is 3.27. The molecule has 0 spiro atoms. The first kappa shape index (κ1) is 20.0. The van der Waals surface area contributed by atoms with E-state index in [0.29, 0.717) is 25.7 Å². The van der Waals surface area contributed by atoms with E-state index in [0.717, 1.165) is 29.1 Å². The molecule has 0 saturated heterocycles. The summed E-state index contributed by atoms with van der Waals surface area (Å²) >= 11 is 0. The fraction of sp³-hybridized carbons (Fsp3) is 0.409. The number of rotatable bonds is 7. The SMILES string of the molecule is COCCOC1CC(c2ccccc2)NC2=C1C=C[N+]1(O)C2=NC(COC)=C1C. The Balaban J connectivity index is 1.72. The maximum absolute atomic E-state index is 11.3. The lowest BCUT2D eigenvalue weighted by atomic mass is 9.89. The first-order valence-electron chi connectivity index (χ1n) is 9.84. The van der Waals surface area contributed by atoms with Crippen molar-refractivity contribution in [3.05, 3.63) is 70.8 Å². The molecule has 2 N–H and O–H groups in total.